The van der Waals surface area contributed by atoms with Crippen LogP contribution in [0.3, 0.4) is 0 Å². The van der Waals surface area contributed by atoms with Crippen LogP contribution in [0.1, 0.15) is 22.7 Å². The molecule has 0 spiro atoms. The molecule has 5 aromatic rings. The third kappa shape index (κ3) is 4.29. The van der Waals surface area contributed by atoms with Crippen LogP contribution in [0, 0.1) is 0 Å². The summed E-state index contributed by atoms with van der Waals surface area (Å²) in [5, 5.41) is 7.65. The van der Waals surface area contributed by atoms with Crippen molar-refractivity contribution in [2.45, 2.75) is 6.04 Å². The molecule has 3 heterocycles. The van der Waals surface area contributed by atoms with Gasteiger partial charge < -0.3 is 10.2 Å². The van der Waals surface area contributed by atoms with Gasteiger partial charge in [-0.25, -0.2) is 9.67 Å². The molecule has 3 aromatic carbocycles. The highest BCUT2D eigenvalue weighted by atomic mass is 15.3. The Kier molecular flexibility index (Phi) is 5.53. The molecule has 0 unspecified atom stereocenters. The lowest BCUT2D eigenvalue weighted by Gasteiger charge is -2.35. The highest BCUT2D eigenvalue weighted by Gasteiger charge is 2.27. The molecule has 0 bridgehead atoms. The van der Waals surface area contributed by atoms with Gasteiger partial charge >= 0.3 is 0 Å². The standard InChI is InChI=1S/C29H24N6/c1-3-9-22(10-4-1)27(23-11-5-2-6-12-23)34-19-7-13-24-21-30-29(33-28(24)34)32-25-14-16-26(17-15-25)35-20-8-18-31-35/h1-18,20-21,27H,19H2,(H,30,32,33). The molecule has 0 atom stereocenters. The maximum Gasteiger partial charge on any atom is 0.229 e. The first-order valence-electron chi connectivity index (χ1n) is 11.6. The third-order valence-electron chi connectivity index (χ3n) is 6.10. The van der Waals surface area contributed by atoms with E-state index in [0.717, 1.165) is 29.3 Å². The maximum absolute atomic E-state index is 4.97. The van der Waals surface area contributed by atoms with Gasteiger partial charge in [-0.3, -0.25) is 0 Å². The average Bonchev–Trinajstić information content (AvgIpc) is 3.46. The Morgan fingerprint density at radius 1 is 0.800 bits per heavy atom. The van der Waals surface area contributed by atoms with E-state index < -0.39 is 0 Å². The Labute approximate surface area is 204 Å². The number of hydrogen-bond acceptors (Lipinski definition) is 5. The lowest BCUT2D eigenvalue weighted by Crippen LogP contribution is -2.33. The molecule has 6 rings (SSSR count). The minimum atomic E-state index is 0.0391. The molecule has 6 nitrogen and oxygen atoms in total. The van der Waals surface area contributed by atoms with Crippen LogP contribution in [0.15, 0.2) is 116 Å². The number of nitrogens with one attached hydrogen (secondary N) is 1. The molecule has 0 saturated heterocycles. The van der Waals surface area contributed by atoms with E-state index in [2.05, 4.69) is 93.1 Å². The molecule has 6 heteroatoms. The first kappa shape index (κ1) is 20.9. The van der Waals surface area contributed by atoms with Crippen molar-refractivity contribution in [2.24, 2.45) is 0 Å². The van der Waals surface area contributed by atoms with Crippen LogP contribution in [0.2, 0.25) is 0 Å². The quantitative estimate of drug-likeness (QED) is 0.338. The summed E-state index contributed by atoms with van der Waals surface area (Å²) in [5.74, 6) is 1.48. The van der Waals surface area contributed by atoms with Crippen LogP contribution in [0.25, 0.3) is 11.8 Å². The van der Waals surface area contributed by atoms with E-state index in [0.29, 0.717) is 5.95 Å². The van der Waals surface area contributed by atoms with E-state index >= 15 is 0 Å². The summed E-state index contributed by atoms with van der Waals surface area (Å²) in [6, 6.07) is 31.2. The second-order valence-electron chi connectivity index (χ2n) is 8.37. The molecule has 0 aliphatic carbocycles. The first-order valence-corrected chi connectivity index (χ1v) is 11.6. The maximum atomic E-state index is 4.97. The van der Waals surface area contributed by atoms with Crippen molar-refractivity contribution in [1.82, 2.24) is 19.7 Å². The first-order chi connectivity index (χ1) is 17.3. The third-order valence-corrected chi connectivity index (χ3v) is 6.10. The van der Waals surface area contributed by atoms with Crippen LogP contribution in [0.4, 0.5) is 17.5 Å². The summed E-state index contributed by atoms with van der Waals surface area (Å²) in [6.45, 7) is 0.760. The van der Waals surface area contributed by atoms with E-state index in [4.69, 9.17) is 4.98 Å². The molecule has 2 aromatic heterocycles. The normalized spacial score (nSPS) is 12.5. The molecule has 0 saturated carbocycles. The molecule has 1 aliphatic rings. The summed E-state index contributed by atoms with van der Waals surface area (Å²) < 4.78 is 1.83. The predicted octanol–water partition coefficient (Wildman–Crippen LogP) is 6.03. The topological polar surface area (TPSA) is 58.9 Å². The molecule has 0 fully saturated rings. The van der Waals surface area contributed by atoms with Crippen molar-refractivity contribution in [3.05, 3.63) is 132 Å². The van der Waals surface area contributed by atoms with E-state index in [1.807, 2.05) is 47.4 Å². The number of rotatable bonds is 6. The Morgan fingerprint density at radius 3 is 2.17 bits per heavy atom. The fraction of sp³-hybridized carbons (Fsp3) is 0.0690. The number of nitrogens with zero attached hydrogens (tertiary/aromatic N) is 5. The number of anilines is 3. The van der Waals surface area contributed by atoms with Gasteiger partial charge in [-0.15, -0.1) is 0 Å². The molecule has 1 N–H and O–H groups in total. The van der Waals surface area contributed by atoms with Gasteiger partial charge in [0.2, 0.25) is 5.95 Å². The molecule has 1 aliphatic heterocycles. The zero-order valence-corrected chi connectivity index (χ0v) is 19.1. The van der Waals surface area contributed by atoms with Crippen molar-refractivity contribution < 1.29 is 0 Å². The van der Waals surface area contributed by atoms with E-state index in [9.17, 15) is 0 Å². The van der Waals surface area contributed by atoms with Crippen LogP contribution < -0.4 is 10.2 Å². The molecule has 35 heavy (non-hydrogen) atoms. The molecular weight excluding hydrogens is 432 g/mol. The van der Waals surface area contributed by atoms with Gasteiger partial charge in [-0.2, -0.15) is 10.1 Å². The minimum absolute atomic E-state index is 0.0391. The van der Waals surface area contributed by atoms with Crippen LogP contribution >= 0.6 is 0 Å². The fourth-order valence-electron chi connectivity index (χ4n) is 4.47. The number of fused-ring (bicyclic) bond motifs is 1. The summed E-state index contributed by atoms with van der Waals surface area (Å²) in [4.78, 5) is 11.9. The van der Waals surface area contributed by atoms with Crippen molar-refractivity contribution >= 4 is 23.5 Å². The molecular formula is C29H24N6. The molecule has 0 radical (unpaired) electrons. The van der Waals surface area contributed by atoms with Gasteiger partial charge in [0.15, 0.2) is 0 Å². The van der Waals surface area contributed by atoms with Gasteiger partial charge in [0.1, 0.15) is 5.82 Å². The van der Waals surface area contributed by atoms with Crippen molar-refractivity contribution in [1.29, 1.82) is 0 Å². The second kappa shape index (κ2) is 9.27. The lowest BCUT2D eigenvalue weighted by molar-refractivity contribution is 0.729. The van der Waals surface area contributed by atoms with Crippen LogP contribution in [0.5, 0.6) is 0 Å². The van der Waals surface area contributed by atoms with Crippen LogP contribution in [-0.2, 0) is 0 Å². The fourth-order valence-corrected chi connectivity index (χ4v) is 4.47. The van der Waals surface area contributed by atoms with E-state index in [1.165, 1.54) is 11.1 Å². The highest BCUT2D eigenvalue weighted by Crippen LogP contribution is 2.36. The Morgan fingerprint density at radius 2 is 1.51 bits per heavy atom. The highest BCUT2D eigenvalue weighted by molar-refractivity contribution is 5.70. The Bertz CT molecular complexity index is 1390. The van der Waals surface area contributed by atoms with E-state index in [-0.39, 0.29) is 6.04 Å². The van der Waals surface area contributed by atoms with Crippen molar-refractivity contribution in [3.63, 3.8) is 0 Å². The summed E-state index contributed by atoms with van der Waals surface area (Å²) >= 11 is 0. The van der Waals surface area contributed by atoms with E-state index in [1.54, 1.807) is 6.20 Å². The molecule has 170 valence electrons. The van der Waals surface area contributed by atoms with Gasteiger partial charge in [-0.1, -0.05) is 72.8 Å². The number of benzene rings is 3. The Balaban J connectivity index is 1.34. The smallest absolute Gasteiger partial charge is 0.229 e. The average molecular weight is 457 g/mol. The van der Waals surface area contributed by atoms with Crippen molar-refractivity contribution in [2.75, 3.05) is 16.8 Å². The SMILES string of the molecule is C1=Cc2cnc(Nc3ccc(-n4cccn4)cc3)nc2N(C(c2ccccc2)c2ccccc2)C1. The van der Waals surface area contributed by atoms with Gasteiger partial charge in [0.05, 0.1) is 11.7 Å². The number of hydrogen-bond donors (Lipinski definition) is 1. The van der Waals surface area contributed by atoms with Crippen LogP contribution in [-0.4, -0.2) is 26.3 Å². The summed E-state index contributed by atoms with van der Waals surface area (Å²) in [7, 11) is 0. The van der Waals surface area contributed by atoms with Gasteiger partial charge in [-0.05, 0) is 41.5 Å². The molecule has 0 amide bonds. The minimum Gasteiger partial charge on any atom is -0.341 e. The zero-order chi connectivity index (χ0) is 23.5. The van der Waals surface area contributed by atoms with Crippen molar-refractivity contribution in [3.8, 4) is 5.69 Å². The largest absolute Gasteiger partial charge is 0.341 e. The van der Waals surface area contributed by atoms with Gasteiger partial charge in [0, 0.05) is 36.4 Å². The monoisotopic (exact) mass is 456 g/mol. The second-order valence-corrected chi connectivity index (χ2v) is 8.37. The Hall–Kier alpha value is -4.71. The van der Waals surface area contributed by atoms with Gasteiger partial charge in [0.25, 0.3) is 0 Å². The number of aromatic nitrogens is 4. The zero-order valence-electron chi connectivity index (χ0n) is 19.1. The predicted molar refractivity (Wildman–Crippen MR) is 140 cm³/mol. The summed E-state index contributed by atoms with van der Waals surface area (Å²) in [6.07, 6.45) is 9.85. The lowest BCUT2D eigenvalue weighted by atomic mass is 9.96. The summed E-state index contributed by atoms with van der Waals surface area (Å²) in [5.41, 5.74) is 5.37.